The smallest absolute Gasteiger partial charge is 0.209 e. The van der Waals surface area contributed by atoms with Crippen molar-refractivity contribution in [1.82, 2.24) is 19.5 Å². The maximum absolute atomic E-state index is 11.5. The summed E-state index contributed by atoms with van der Waals surface area (Å²) in [4.78, 5) is 13.1. The van der Waals surface area contributed by atoms with Crippen molar-refractivity contribution in [1.29, 1.82) is 0 Å². The summed E-state index contributed by atoms with van der Waals surface area (Å²) >= 11 is 0. The van der Waals surface area contributed by atoms with Crippen LogP contribution in [0.15, 0.2) is 67.4 Å². The molecule has 4 aromatic rings. The second-order valence-electron chi connectivity index (χ2n) is 7.62. The van der Waals surface area contributed by atoms with Gasteiger partial charge in [0.2, 0.25) is 10.0 Å². The minimum atomic E-state index is -3.57. The standard InChI is InChI=1S/C21H21N5O2S/c1-21(2,13-29(22,27)28)16-7-5-15(6-8-16)19-18-9-11-26(20(18)25-14-24-19)17-4-3-10-23-12-17/h3-12,14H,13H2,1-2H3,(H2,22,27,28). The van der Waals surface area contributed by atoms with Crippen LogP contribution in [-0.4, -0.2) is 33.7 Å². The van der Waals surface area contributed by atoms with Gasteiger partial charge in [-0.05, 0) is 23.8 Å². The number of aromatic nitrogens is 4. The third kappa shape index (κ3) is 3.90. The highest BCUT2D eigenvalue weighted by Gasteiger charge is 2.26. The van der Waals surface area contributed by atoms with Crippen molar-refractivity contribution in [3.8, 4) is 16.9 Å². The van der Waals surface area contributed by atoms with Crippen molar-refractivity contribution in [2.75, 3.05) is 5.75 Å². The zero-order valence-electron chi connectivity index (χ0n) is 16.1. The Kier molecular flexibility index (Phi) is 4.68. The second-order valence-corrected chi connectivity index (χ2v) is 9.24. The summed E-state index contributed by atoms with van der Waals surface area (Å²) in [7, 11) is -3.57. The fourth-order valence-electron chi connectivity index (χ4n) is 3.55. The summed E-state index contributed by atoms with van der Waals surface area (Å²) in [5.41, 5.74) is 3.77. The first kappa shape index (κ1) is 19.2. The first-order valence-corrected chi connectivity index (χ1v) is 10.8. The number of hydrogen-bond donors (Lipinski definition) is 1. The van der Waals surface area contributed by atoms with Crippen LogP contribution < -0.4 is 5.14 Å². The molecule has 29 heavy (non-hydrogen) atoms. The largest absolute Gasteiger partial charge is 0.300 e. The number of primary sulfonamides is 1. The van der Waals surface area contributed by atoms with E-state index in [2.05, 4.69) is 15.0 Å². The van der Waals surface area contributed by atoms with E-state index in [1.165, 1.54) is 0 Å². The van der Waals surface area contributed by atoms with E-state index in [-0.39, 0.29) is 5.75 Å². The van der Waals surface area contributed by atoms with Crippen LogP contribution in [0, 0.1) is 0 Å². The fraction of sp³-hybridized carbons (Fsp3) is 0.190. The lowest BCUT2D eigenvalue weighted by Gasteiger charge is -2.24. The molecule has 3 heterocycles. The van der Waals surface area contributed by atoms with Crippen molar-refractivity contribution in [3.63, 3.8) is 0 Å². The van der Waals surface area contributed by atoms with Crippen molar-refractivity contribution >= 4 is 21.1 Å². The average Bonchev–Trinajstić information content (AvgIpc) is 3.11. The lowest BCUT2D eigenvalue weighted by Crippen LogP contribution is -2.32. The summed E-state index contributed by atoms with van der Waals surface area (Å²) in [6.45, 7) is 3.73. The molecule has 0 aliphatic rings. The van der Waals surface area contributed by atoms with Crippen LogP contribution in [0.25, 0.3) is 28.0 Å². The highest BCUT2D eigenvalue weighted by Crippen LogP contribution is 2.30. The van der Waals surface area contributed by atoms with Crippen LogP contribution in [-0.2, 0) is 15.4 Å². The molecule has 4 rings (SSSR count). The third-order valence-electron chi connectivity index (χ3n) is 4.91. The topological polar surface area (TPSA) is 104 Å². The molecule has 3 aromatic heterocycles. The highest BCUT2D eigenvalue weighted by molar-refractivity contribution is 7.89. The van der Waals surface area contributed by atoms with E-state index in [4.69, 9.17) is 5.14 Å². The number of benzene rings is 1. The van der Waals surface area contributed by atoms with Crippen molar-refractivity contribution in [2.24, 2.45) is 5.14 Å². The molecule has 0 saturated carbocycles. The molecule has 148 valence electrons. The highest BCUT2D eigenvalue weighted by atomic mass is 32.2. The minimum Gasteiger partial charge on any atom is -0.300 e. The van der Waals surface area contributed by atoms with Crippen LogP contribution in [0.5, 0.6) is 0 Å². The number of rotatable bonds is 5. The predicted molar refractivity (Wildman–Crippen MR) is 113 cm³/mol. The normalized spacial score (nSPS) is 12.4. The van der Waals surface area contributed by atoms with Crippen LogP contribution in [0.2, 0.25) is 0 Å². The molecular formula is C21H21N5O2S. The van der Waals surface area contributed by atoms with Gasteiger partial charge >= 0.3 is 0 Å². The molecule has 0 atom stereocenters. The van der Waals surface area contributed by atoms with E-state index >= 15 is 0 Å². The Morgan fingerprint density at radius 1 is 1.07 bits per heavy atom. The molecule has 0 radical (unpaired) electrons. The van der Waals surface area contributed by atoms with Gasteiger partial charge < -0.3 is 0 Å². The van der Waals surface area contributed by atoms with Gasteiger partial charge in [-0.2, -0.15) is 0 Å². The van der Waals surface area contributed by atoms with Gasteiger partial charge in [-0.15, -0.1) is 0 Å². The van der Waals surface area contributed by atoms with Crippen molar-refractivity contribution < 1.29 is 8.42 Å². The van der Waals surface area contributed by atoms with Gasteiger partial charge in [0.25, 0.3) is 0 Å². The van der Waals surface area contributed by atoms with E-state index in [1.807, 2.05) is 67.1 Å². The van der Waals surface area contributed by atoms with Crippen molar-refractivity contribution in [3.05, 3.63) is 72.9 Å². The zero-order valence-corrected chi connectivity index (χ0v) is 17.0. The molecule has 0 bridgehead atoms. The first-order chi connectivity index (χ1) is 13.7. The van der Waals surface area contributed by atoms with Crippen LogP contribution in [0.1, 0.15) is 19.4 Å². The Morgan fingerprint density at radius 3 is 2.48 bits per heavy atom. The summed E-state index contributed by atoms with van der Waals surface area (Å²) < 4.78 is 25.0. The SMILES string of the molecule is CC(C)(CS(N)(=O)=O)c1ccc(-c2ncnc3c2ccn3-c2cccnc2)cc1. The van der Waals surface area contributed by atoms with Crippen LogP contribution in [0.4, 0.5) is 0 Å². The summed E-state index contributed by atoms with van der Waals surface area (Å²) in [5.74, 6) is -0.120. The molecular weight excluding hydrogens is 386 g/mol. The summed E-state index contributed by atoms with van der Waals surface area (Å²) in [5, 5.41) is 6.16. The number of nitrogens with two attached hydrogens (primary N) is 1. The molecule has 0 unspecified atom stereocenters. The maximum atomic E-state index is 11.5. The summed E-state index contributed by atoms with van der Waals surface area (Å²) in [6, 6.07) is 13.6. The number of pyridine rings is 1. The molecule has 0 aliphatic heterocycles. The molecule has 0 fully saturated rings. The monoisotopic (exact) mass is 407 g/mol. The second kappa shape index (κ2) is 7.06. The number of fused-ring (bicyclic) bond motifs is 1. The van der Waals surface area contributed by atoms with E-state index in [0.717, 1.165) is 33.5 Å². The van der Waals surface area contributed by atoms with Gasteiger partial charge in [-0.1, -0.05) is 38.1 Å². The quantitative estimate of drug-likeness (QED) is 0.548. The van der Waals surface area contributed by atoms with Crippen LogP contribution in [0.3, 0.4) is 0 Å². The van der Waals surface area contributed by atoms with Gasteiger partial charge in [0.15, 0.2) is 0 Å². The van der Waals surface area contributed by atoms with Gasteiger partial charge in [-0.3, -0.25) is 9.55 Å². The van der Waals surface area contributed by atoms with E-state index < -0.39 is 15.4 Å². The number of hydrogen-bond acceptors (Lipinski definition) is 5. The molecule has 1 aromatic carbocycles. The Morgan fingerprint density at radius 2 is 1.83 bits per heavy atom. The van der Waals surface area contributed by atoms with Gasteiger partial charge in [-0.25, -0.2) is 23.5 Å². The maximum Gasteiger partial charge on any atom is 0.209 e. The lowest BCUT2D eigenvalue weighted by atomic mass is 9.86. The predicted octanol–water partition coefficient (Wildman–Crippen LogP) is 3.05. The number of nitrogens with zero attached hydrogens (tertiary/aromatic N) is 4. The average molecular weight is 407 g/mol. The van der Waals surface area contributed by atoms with Crippen LogP contribution >= 0.6 is 0 Å². The molecule has 7 nitrogen and oxygen atoms in total. The Labute approximate surface area is 169 Å². The molecule has 0 spiro atoms. The van der Waals surface area contributed by atoms with Gasteiger partial charge in [0.05, 0.1) is 23.3 Å². The molecule has 0 aliphatic carbocycles. The molecule has 8 heteroatoms. The fourth-order valence-corrected chi connectivity index (χ4v) is 4.72. The molecule has 0 amide bonds. The van der Waals surface area contributed by atoms with Gasteiger partial charge in [0, 0.05) is 28.8 Å². The molecule has 0 saturated heterocycles. The van der Waals surface area contributed by atoms with E-state index in [9.17, 15) is 8.42 Å². The molecule has 2 N–H and O–H groups in total. The Bertz CT molecular complexity index is 1260. The Hall–Kier alpha value is -3.10. The summed E-state index contributed by atoms with van der Waals surface area (Å²) in [6.07, 6.45) is 7.00. The Balaban J connectivity index is 1.73. The zero-order chi connectivity index (χ0) is 20.6. The van der Waals surface area contributed by atoms with Gasteiger partial charge in [0.1, 0.15) is 12.0 Å². The van der Waals surface area contributed by atoms with E-state index in [0.29, 0.717) is 0 Å². The third-order valence-corrected chi connectivity index (χ3v) is 6.03. The number of sulfonamides is 1. The minimum absolute atomic E-state index is 0.120. The first-order valence-electron chi connectivity index (χ1n) is 9.08. The van der Waals surface area contributed by atoms with E-state index in [1.54, 1.807) is 18.7 Å². The van der Waals surface area contributed by atoms with Crippen molar-refractivity contribution in [2.45, 2.75) is 19.3 Å². The lowest BCUT2D eigenvalue weighted by molar-refractivity contribution is 0.549.